The molecule has 19 heavy (non-hydrogen) atoms. The minimum atomic E-state index is 0.322. The Morgan fingerprint density at radius 1 is 1.32 bits per heavy atom. The smallest absolute Gasteiger partial charge is 0.162 e. The van der Waals surface area contributed by atoms with E-state index in [-0.39, 0.29) is 0 Å². The Hall–Kier alpha value is -1.24. The van der Waals surface area contributed by atoms with Gasteiger partial charge in [-0.1, -0.05) is 20.8 Å². The van der Waals surface area contributed by atoms with Crippen molar-refractivity contribution in [3.05, 3.63) is 33.3 Å². The number of nitrogens with zero attached hydrogens (tertiary/aromatic N) is 3. The van der Waals surface area contributed by atoms with Gasteiger partial charge in [-0.25, -0.2) is 9.97 Å². The largest absolute Gasteiger partial charge is 0.383 e. The van der Waals surface area contributed by atoms with E-state index in [4.69, 9.17) is 5.73 Å². The highest BCUT2D eigenvalue weighted by atomic mass is 127. The molecule has 0 aliphatic heterocycles. The lowest BCUT2D eigenvalue weighted by Gasteiger charge is -2.13. The summed E-state index contributed by atoms with van der Waals surface area (Å²) < 4.78 is 0.948. The number of nitrogen functional groups attached to an aromatic ring is 1. The zero-order chi connectivity index (χ0) is 14.0. The molecule has 2 heterocycles. The van der Waals surface area contributed by atoms with Gasteiger partial charge in [-0.05, 0) is 46.6 Å². The van der Waals surface area contributed by atoms with Crippen molar-refractivity contribution in [1.29, 1.82) is 0 Å². The topological polar surface area (TPSA) is 64.7 Å². The third-order valence-corrected chi connectivity index (χ3v) is 4.08. The molecule has 0 atom stereocenters. The first-order valence-corrected chi connectivity index (χ1v) is 7.38. The monoisotopic (exact) mass is 368 g/mol. The average molecular weight is 368 g/mol. The highest BCUT2D eigenvalue weighted by Gasteiger charge is 2.15. The van der Waals surface area contributed by atoms with Crippen molar-refractivity contribution in [2.45, 2.75) is 33.1 Å². The summed E-state index contributed by atoms with van der Waals surface area (Å²) in [7, 11) is 0. The fourth-order valence-electron chi connectivity index (χ4n) is 1.91. The van der Waals surface area contributed by atoms with E-state index in [1.807, 2.05) is 12.3 Å². The minimum absolute atomic E-state index is 0.322. The summed E-state index contributed by atoms with van der Waals surface area (Å²) in [6.07, 6.45) is 4.53. The molecular weight excluding hydrogens is 351 g/mol. The van der Waals surface area contributed by atoms with Gasteiger partial charge in [0.2, 0.25) is 0 Å². The fourth-order valence-corrected chi connectivity index (χ4v) is 2.78. The summed E-state index contributed by atoms with van der Waals surface area (Å²) in [6.45, 7) is 6.32. The van der Waals surface area contributed by atoms with Gasteiger partial charge in [0.15, 0.2) is 5.82 Å². The second kappa shape index (κ2) is 5.81. The number of halogens is 1. The zero-order valence-electron chi connectivity index (χ0n) is 11.3. The zero-order valence-corrected chi connectivity index (χ0v) is 13.5. The first kappa shape index (κ1) is 14.2. The Morgan fingerprint density at radius 3 is 2.68 bits per heavy atom. The first-order chi connectivity index (χ1) is 9.04. The van der Waals surface area contributed by atoms with E-state index in [9.17, 15) is 0 Å². The molecule has 0 unspecified atom stereocenters. The second-order valence-corrected chi connectivity index (χ2v) is 5.75. The number of aryl methyl sites for hydroxylation is 1. The number of pyridine rings is 1. The molecule has 5 heteroatoms. The van der Waals surface area contributed by atoms with Gasteiger partial charge in [0.1, 0.15) is 5.82 Å². The van der Waals surface area contributed by atoms with Gasteiger partial charge < -0.3 is 5.73 Å². The van der Waals surface area contributed by atoms with Crippen LogP contribution in [0.25, 0.3) is 11.4 Å². The number of hydrogen-bond donors (Lipinski definition) is 1. The molecule has 4 nitrogen and oxygen atoms in total. The molecule has 0 fully saturated rings. The van der Waals surface area contributed by atoms with Crippen molar-refractivity contribution in [2.75, 3.05) is 5.73 Å². The summed E-state index contributed by atoms with van der Waals surface area (Å²) in [5, 5.41) is 0. The van der Waals surface area contributed by atoms with E-state index < -0.39 is 0 Å². The Balaban J connectivity index is 2.63. The molecule has 0 radical (unpaired) electrons. The van der Waals surface area contributed by atoms with Gasteiger partial charge in [0.05, 0.1) is 9.26 Å². The molecule has 2 aromatic rings. The second-order valence-electron chi connectivity index (χ2n) is 4.67. The van der Waals surface area contributed by atoms with Crippen LogP contribution in [0.15, 0.2) is 18.5 Å². The summed E-state index contributed by atoms with van der Waals surface area (Å²) >= 11 is 2.21. The molecule has 2 rings (SSSR count). The van der Waals surface area contributed by atoms with E-state index in [1.54, 1.807) is 6.20 Å². The van der Waals surface area contributed by atoms with Crippen LogP contribution in [0.3, 0.4) is 0 Å². The lowest BCUT2D eigenvalue weighted by atomic mass is 10.1. The fraction of sp³-hybridized carbons (Fsp3) is 0.357. The quantitative estimate of drug-likeness (QED) is 0.844. The summed E-state index contributed by atoms with van der Waals surface area (Å²) in [6, 6.07) is 1.95. The molecule has 0 aliphatic rings. The molecule has 100 valence electrons. The van der Waals surface area contributed by atoms with Crippen molar-refractivity contribution >= 4 is 28.4 Å². The summed E-state index contributed by atoms with van der Waals surface area (Å²) in [4.78, 5) is 13.3. The standard InChI is InChI=1S/C14H17IN4/c1-4-9-7-17-6-5-10(9)14-18-12(8(2)3)11(15)13(16)19-14/h5-8H,4H2,1-3H3,(H2,16,18,19). The first-order valence-electron chi connectivity index (χ1n) is 6.30. The Kier molecular flexibility index (Phi) is 4.34. The van der Waals surface area contributed by atoms with Crippen LogP contribution in [0.5, 0.6) is 0 Å². The number of anilines is 1. The van der Waals surface area contributed by atoms with E-state index in [2.05, 4.69) is 58.3 Å². The van der Waals surface area contributed by atoms with Crippen LogP contribution in [0, 0.1) is 3.57 Å². The molecule has 0 aromatic carbocycles. The predicted octanol–water partition coefficient (Wildman–Crippen LogP) is 3.41. The van der Waals surface area contributed by atoms with Crippen molar-refractivity contribution in [3.8, 4) is 11.4 Å². The lowest BCUT2D eigenvalue weighted by molar-refractivity contribution is 0.809. The van der Waals surface area contributed by atoms with Crippen LogP contribution in [0.2, 0.25) is 0 Å². The number of rotatable bonds is 3. The highest BCUT2D eigenvalue weighted by Crippen LogP contribution is 2.28. The molecular formula is C14H17IN4. The number of hydrogen-bond acceptors (Lipinski definition) is 4. The maximum absolute atomic E-state index is 6.01. The molecule has 2 aromatic heterocycles. The van der Waals surface area contributed by atoms with Crippen LogP contribution in [-0.4, -0.2) is 15.0 Å². The Bertz CT molecular complexity index is 596. The van der Waals surface area contributed by atoms with Gasteiger partial charge in [-0.3, -0.25) is 4.98 Å². The molecule has 0 saturated heterocycles. The summed E-state index contributed by atoms with van der Waals surface area (Å²) in [5.41, 5.74) is 9.17. The third-order valence-electron chi connectivity index (χ3n) is 2.97. The Labute approximate surface area is 127 Å². The maximum Gasteiger partial charge on any atom is 0.162 e. The van der Waals surface area contributed by atoms with Crippen molar-refractivity contribution in [3.63, 3.8) is 0 Å². The van der Waals surface area contributed by atoms with Crippen LogP contribution < -0.4 is 5.73 Å². The van der Waals surface area contributed by atoms with Gasteiger partial charge in [0.25, 0.3) is 0 Å². The highest BCUT2D eigenvalue weighted by molar-refractivity contribution is 14.1. The molecule has 0 aliphatic carbocycles. The van der Waals surface area contributed by atoms with Crippen LogP contribution in [-0.2, 0) is 6.42 Å². The van der Waals surface area contributed by atoms with Crippen LogP contribution in [0.4, 0.5) is 5.82 Å². The SMILES string of the molecule is CCc1cnccc1-c1nc(N)c(I)c(C(C)C)n1. The minimum Gasteiger partial charge on any atom is -0.383 e. The normalized spacial score (nSPS) is 11.0. The number of aromatic nitrogens is 3. The Morgan fingerprint density at radius 2 is 2.05 bits per heavy atom. The van der Waals surface area contributed by atoms with Gasteiger partial charge in [-0.15, -0.1) is 0 Å². The molecule has 2 N–H and O–H groups in total. The molecule has 0 bridgehead atoms. The predicted molar refractivity (Wildman–Crippen MR) is 85.9 cm³/mol. The number of nitrogens with two attached hydrogens (primary N) is 1. The van der Waals surface area contributed by atoms with E-state index in [1.165, 1.54) is 0 Å². The third kappa shape index (κ3) is 2.86. The van der Waals surface area contributed by atoms with Gasteiger partial charge in [-0.2, -0.15) is 0 Å². The van der Waals surface area contributed by atoms with Crippen LogP contribution >= 0.6 is 22.6 Å². The van der Waals surface area contributed by atoms with Crippen molar-refractivity contribution in [2.24, 2.45) is 0 Å². The average Bonchev–Trinajstić information content (AvgIpc) is 2.41. The van der Waals surface area contributed by atoms with Gasteiger partial charge >= 0.3 is 0 Å². The maximum atomic E-state index is 6.01. The van der Waals surface area contributed by atoms with Gasteiger partial charge in [0, 0.05) is 18.0 Å². The van der Waals surface area contributed by atoms with Crippen LogP contribution in [0.1, 0.15) is 37.9 Å². The molecule has 0 amide bonds. The van der Waals surface area contributed by atoms with E-state index in [0.29, 0.717) is 17.6 Å². The van der Waals surface area contributed by atoms with Crippen molar-refractivity contribution in [1.82, 2.24) is 15.0 Å². The summed E-state index contributed by atoms with van der Waals surface area (Å²) in [5.74, 6) is 1.57. The van der Waals surface area contributed by atoms with Crippen molar-refractivity contribution < 1.29 is 0 Å². The van der Waals surface area contributed by atoms with E-state index >= 15 is 0 Å². The molecule has 0 saturated carbocycles. The molecule has 0 spiro atoms. The van der Waals surface area contributed by atoms with E-state index in [0.717, 1.165) is 26.8 Å². The lowest BCUT2D eigenvalue weighted by Crippen LogP contribution is -2.07.